The summed E-state index contributed by atoms with van der Waals surface area (Å²) in [6, 6.07) is 11.0. The van der Waals surface area contributed by atoms with Crippen LogP contribution in [-0.4, -0.2) is 35.4 Å². The lowest BCUT2D eigenvalue weighted by atomic mass is 10.1. The van der Waals surface area contributed by atoms with E-state index in [1.54, 1.807) is 17.7 Å². The lowest BCUT2D eigenvalue weighted by Gasteiger charge is -2.26. The third kappa shape index (κ3) is 3.87. The zero-order valence-corrected chi connectivity index (χ0v) is 16.5. The average molecular weight is 381 g/mol. The Balaban J connectivity index is 1.38. The fraction of sp³-hybridized carbons (Fsp3) is 0.381. The molecule has 0 saturated heterocycles. The molecule has 0 spiro atoms. The average Bonchev–Trinajstić information content (AvgIpc) is 3.31. The Hall–Kier alpha value is -2.31. The summed E-state index contributed by atoms with van der Waals surface area (Å²) in [6.07, 6.45) is 5.99. The van der Waals surface area contributed by atoms with Crippen LogP contribution < -0.4 is 10.2 Å². The molecule has 1 N–H and O–H groups in total. The number of nitrogens with one attached hydrogen (secondary N) is 1. The van der Waals surface area contributed by atoms with Gasteiger partial charge in [-0.3, -0.25) is 4.79 Å². The molecule has 2 atom stereocenters. The summed E-state index contributed by atoms with van der Waals surface area (Å²) in [6.45, 7) is 2.95. The van der Waals surface area contributed by atoms with Gasteiger partial charge in [-0.2, -0.15) is 0 Å². The summed E-state index contributed by atoms with van der Waals surface area (Å²) in [7, 11) is 2.15. The predicted molar refractivity (Wildman–Crippen MR) is 111 cm³/mol. The zero-order chi connectivity index (χ0) is 18.8. The van der Waals surface area contributed by atoms with Gasteiger partial charge in [-0.15, -0.1) is 11.3 Å². The molecule has 0 amide bonds. The maximum Gasteiger partial charge on any atom is 0.150 e. The molecule has 0 bridgehead atoms. The Morgan fingerprint density at radius 3 is 2.85 bits per heavy atom. The third-order valence-corrected chi connectivity index (χ3v) is 6.39. The molecule has 1 aliphatic carbocycles. The van der Waals surface area contributed by atoms with Gasteiger partial charge in [-0.1, -0.05) is 24.3 Å². The Morgan fingerprint density at radius 2 is 2.07 bits per heavy atom. The molecule has 5 nitrogen and oxygen atoms in total. The lowest BCUT2D eigenvalue weighted by molar-refractivity contribution is 0.112. The van der Waals surface area contributed by atoms with Crippen molar-refractivity contribution in [1.82, 2.24) is 15.3 Å². The zero-order valence-electron chi connectivity index (χ0n) is 15.7. The number of thiophene rings is 1. The van der Waals surface area contributed by atoms with Crippen LogP contribution in [0, 0.1) is 6.92 Å². The van der Waals surface area contributed by atoms with Crippen molar-refractivity contribution in [3.63, 3.8) is 0 Å². The van der Waals surface area contributed by atoms with Crippen LogP contribution in [0.1, 0.15) is 40.1 Å². The van der Waals surface area contributed by atoms with Gasteiger partial charge in [0.1, 0.15) is 23.3 Å². The number of benzene rings is 1. The van der Waals surface area contributed by atoms with Crippen molar-refractivity contribution < 1.29 is 4.79 Å². The predicted octanol–water partition coefficient (Wildman–Crippen LogP) is 3.96. The molecule has 2 unspecified atom stereocenters. The van der Waals surface area contributed by atoms with Crippen LogP contribution in [0.25, 0.3) is 10.2 Å². The Kier molecular flexibility index (Phi) is 5.18. The number of carbonyl (C=O) groups excluding carboxylic acids is 1. The number of carbonyl (C=O) groups is 1. The van der Waals surface area contributed by atoms with Crippen molar-refractivity contribution in [2.24, 2.45) is 0 Å². The minimum atomic E-state index is 0.484. The second kappa shape index (κ2) is 7.74. The van der Waals surface area contributed by atoms with E-state index >= 15 is 0 Å². The van der Waals surface area contributed by atoms with E-state index in [-0.39, 0.29) is 0 Å². The number of hydrogen-bond donors (Lipinski definition) is 1. The first-order valence-electron chi connectivity index (χ1n) is 9.35. The topological polar surface area (TPSA) is 58.1 Å². The fourth-order valence-corrected chi connectivity index (χ4v) is 4.73. The third-order valence-electron chi connectivity index (χ3n) is 5.43. The Bertz CT molecular complexity index is 937. The number of aryl methyl sites for hydroxylation is 1. The first-order chi connectivity index (χ1) is 13.1. The molecular weight excluding hydrogens is 356 g/mol. The molecule has 27 heavy (non-hydrogen) atoms. The van der Waals surface area contributed by atoms with Crippen molar-refractivity contribution in [3.8, 4) is 0 Å². The number of aromatic nitrogens is 2. The normalized spacial score (nSPS) is 19.5. The van der Waals surface area contributed by atoms with E-state index in [9.17, 15) is 4.79 Å². The first kappa shape index (κ1) is 18.1. The molecule has 3 aromatic rings. The highest BCUT2D eigenvalue weighted by atomic mass is 32.1. The number of nitrogens with zero attached hydrogens (tertiary/aromatic N) is 3. The van der Waals surface area contributed by atoms with Crippen LogP contribution in [0.2, 0.25) is 0 Å². The van der Waals surface area contributed by atoms with Crippen molar-refractivity contribution in [3.05, 3.63) is 52.7 Å². The molecule has 140 valence electrons. The first-order valence-corrected chi connectivity index (χ1v) is 10.2. The van der Waals surface area contributed by atoms with E-state index in [0.29, 0.717) is 12.1 Å². The van der Waals surface area contributed by atoms with Crippen LogP contribution in [0.4, 0.5) is 5.82 Å². The van der Waals surface area contributed by atoms with E-state index in [1.165, 1.54) is 10.4 Å². The summed E-state index contributed by atoms with van der Waals surface area (Å²) in [5.41, 5.74) is 1.93. The molecule has 1 saturated carbocycles. The van der Waals surface area contributed by atoms with Crippen LogP contribution in [0.3, 0.4) is 0 Å². The largest absolute Gasteiger partial charge is 0.356 e. The van der Waals surface area contributed by atoms with Gasteiger partial charge >= 0.3 is 0 Å². The Labute approximate surface area is 163 Å². The summed E-state index contributed by atoms with van der Waals surface area (Å²) in [5, 5.41) is 4.83. The minimum absolute atomic E-state index is 0.484. The van der Waals surface area contributed by atoms with Gasteiger partial charge < -0.3 is 10.2 Å². The monoisotopic (exact) mass is 380 g/mol. The van der Waals surface area contributed by atoms with Crippen molar-refractivity contribution >= 4 is 33.7 Å². The lowest BCUT2D eigenvalue weighted by Crippen LogP contribution is -2.33. The van der Waals surface area contributed by atoms with E-state index in [4.69, 9.17) is 0 Å². The number of aldehydes is 1. The summed E-state index contributed by atoms with van der Waals surface area (Å²) in [4.78, 5) is 24.4. The molecule has 6 heteroatoms. The number of rotatable bonds is 6. The number of anilines is 1. The van der Waals surface area contributed by atoms with E-state index in [1.807, 2.05) is 24.3 Å². The molecule has 0 aliphatic heterocycles. The van der Waals surface area contributed by atoms with Crippen molar-refractivity contribution in [2.75, 3.05) is 11.9 Å². The standard InChI is InChI=1S/C21H24N4OS/c1-14-9-19-20(23-13-24-21(19)27-14)25(2)18-8-7-17(10-18)22-11-15-3-5-16(12-26)6-4-15/h3-6,9,12-13,17-18,22H,7-8,10-11H2,1-2H3. The van der Waals surface area contributed by atoms with Crippen LogP contribution >= 0.6 is 11.3 Å². The second-order valence-corrected chi connectivity index (χ2v) is 8.52. The number of hydrogen-bond acceptors (Lipinski definition) is 6. The van der Waals surface area contributed by atoms with E-state index in [2.05, 4.69) is 40.2 Å². The highest BCUT2D eigenvalue weighted by Crippen LogP contribution is 2.33. The van der Waals surface area contributed by atoms with Gasteiger partial charge in [0.15, 0.2) is 0 Å². The molecule has 1 aromatic carbocycles. The molecule has 4 rings (SSSR count). The van der Waals surface area contributed by atoms with Gasteiger partial charge in [-0.25, -0.2) is 9.97 Å². The van der Waals surface area contributed by atoms with Gasteiger partial charge in [0, 0.05) is 36.1 Å². The maximum absolute atomic E-state index is 10.8. The molecule has 2 heterocycles. The quantitative estimate of drug-likeness (QED) is 0.656. The molecule has 0 radical (unpaired) electrons. The summed E-state index contributed by atoms with van der Waals surface area (Å²) < 4.78 is 0. The van der Waals surface area contributed by atoms with Gasteiger partial charge in [0.2, 0.25) is 0 Å². The molecule has 1 fully saturated rings. The van der Waals surface area contributed by atoms with Gasteiger partial charge in [0.05, 0.1) is 5.39 Å². The highest BCUT2D eigenvalue weighted by molar-refractivity contribution is 7.18. The van der Waals surface area contributed by atoms with E-state index in [0.717, 1.165) is 53.7 Å². The summed E-state index contributed by atoms with van der Waals surface area (Å²) >= 11 is 1.72. The SMILES string of the molecule is Cc1cc2c(N(C)C3CCC(NCc4ccc(C=O)cc4)C3)ncnc2s1. The fourth-order valence-electron chi connectivity index (χ4n) is 3.89. The number of fused-ring (bicyclic) bond motifs is 1. The van der Waals surface area contributed by atoms with Gasteiger partial charge in [-0.05, 0) is 37.8 Å². The summed E-state index contributed by atoms with van der Waals surface area (Å²) in [5.74, 6) is 1.04. The molecule has 1 aliphatic rings. The van der Waals surface area contributed by atoms with Crippen molar-refractivity contribution in [1.29, 1.82) is 0 Å². The van der Waals surface area contributed by atoms with Crippen molar-refractivity contribution in [2.45, 2.75) is 44.8 Å². The molecule has 2 aromatic heterocycles. The highest BCUT2D eigenvalue weighted by Gasteiger charge is 2.29. The van der Waals surface area contributed by atoms with Crippen LogP contribution in [-0.2, 0) is 6.54 Å². The smallest absolute Gasteiger partial charge is 0.150 e. The Morgan fingerprint density at radius 1 is 1.26 bits per heavy atom. The molecular formula is C21H24N4OS. The van der Waals surface area contributed by atoms with Crippen LogP contribution in [0.5, 0.6) is 0 Å². The van der Waals surface area contributed by atoms with E-state index < -0.39 is 0 Å². The second-order valence-electron chi connectivity index (χ2n) is 7.29. The van der Waals surface area contributed by atoms with Crippen LogP contribution in [0.15, 0.2) is 36.7 Å². The maximum atomic E-state index is 10.8. The minimum Gasteiger partial charge on any atom is -0.356 e. The van der Waals surface area contributed by atoms with Gasteiger partial charge in [0.25, 0.3) is 0 Å².